The fourth-order valence-corrected chi connectivity index (χ4v) is 4.70. The van der Waals surface area contributed by atoms with Crippen molar-refractivity contribution < 1.29 is 4.79 Å². The molecule has 0 amide bonds. The van der Waals surface area contributed by atoms with Crippen LogP contribution in [0, 0.1) is 5.41 Å². The van der Waals surface area contributed by atoms with Crippen molar-refractivity contribution in [3.63, 3.8) is 0 Å². The van der Waals surface area contributed by atoms with Gasteiger partial charge >= 0.3 is 0 Å². The van der Waals surface area contributed by atoms with E-state index in [9.17, 15) is 4.79 Å². The molecule has 1 aliphatic heterocycles. The molecule has 1 saturated heterocycles. The zero-order valence-corrected chi connectivity index (χ0v) is 19.1. The quantitative estimate of drug-likeness (QED) is 0.366. The number of hydrogen-bond donors (Lipinski definition) is 0. The van der Waals surface area contributed by atoms with E-state index in [0.29, 0.717) is 6.54 Å². The maximum Gasteiger partial charge on any atom is 0.167 e. The van der Waals surface area contributed by atoms with E-state index >= 15 is 0 Å². The first-order chi connectivity index (χ1) is 15.0. The Balaban J connectivity index is 1.83. The molecule has 1 fully saturated rings. The number of rotatable bonds is 5. The van der Waals surface area contributed by atoms with Gasteiger partial charge in [0.05, 0.1) is 11.7 Å². The molecule has 158 valence electrons. The van der Waals surface area contributed by atoms with Crippen molar-refractivity contribution in [2.45, 2.75) is 31.3 Å². The molecule has 3 aromatic rings. The number of likely N-dealkylation sites (tertiary alicyclic amines) is 1. The zero-order valence-electron chi connectivity index (χ0n) is 18.3. The lowest BCUT2D eigenvalue weighted by molar-refractivity contribution is -0.128. The average Bonchev–Trinajstić information content (AvgIpc) is 2.79. The number of ketones is 1. The molecule has 31 heavy (non-hydrogen) atoms. The first kappa shape index (κ1) is 21.5. The largest absolute Gasteiger partial charge is 0.294 e. The van der Waals surface area contributed by atoms with Crippen LogP contribution in [-0.2, 0) is 11.3 Å². The van der Waals surface area contributed by atoms with Crippen molar-refractivity contribution in [3.8, 4) is 0 Å². The number of carbonyl (C=O) groups excluding carboxylic acids is 1. The summed E-state index contributed by atoms with van der Waals surface area (Å²) in [5.74, 6) is 0.196. The summed E-state index contributed by atoms with van der Waals surface area (Å²) in [5, 5.41) is 0. The lowest BCUT2D eigenvalue weighted by Gasteiger charge is -2.44. The summed E-state index contributed by atoms with van der Waals surface area (Å²) in [5.41, 5.74) is 3.54. The van der Waals surface area contributed by atoms with Crippen LogP contribution in [0.1, 0.15) is 36.7 Å². The van der Waals surface area contributed by atoms with Crippen molar-refractivity contribution in [1.29, 1.82) is 0 Å². The third kappa shape index (κ3) is 4.81. The normalized spacial score (nSPS) is 20.2. The maximum absolute atomic E-state index is 13.6. The third-order valence-corrected chi connectivity index (χ3v) is 6.53. The topological polar surface area (TPSA) is 33.2 Å². The Morgan fingerprint density at radius 1 is 1.03 bits per heavy atom. The highest BCUT2D eigenvalue weighted by molar-refractivity contribution is 7.98. The van der Waals surface area contributed by atoms with Gasteiger partial charge < -0.3 is 0 Å². The lowest BCUT2D eigenvalue weighted by atomic mass is 9.74. The Hall–Kier alpha value is -2.69. The summed E-state index contributed by atoms with van der Waals surface area (Å²) in [4.78, 5) is 21.7. The minimum absolute atomic E-state index is 0.112. The summed E-state index contributed by atoms with van der Waals surface area (Å²) < 4.78 is 0. The van der Waals surface area contributed by atoms with Crippen LogP contribution in [0.25, 0.3) is 6.08 Å². The predicted octanol–water partition coefficient (Wildman–Crippen LogP) is 6.04. The Morgan fingerprint density at radius 3 is 2.39 bits per heavy atom. The second-order valence-corrected chi connectivity index (χ2v) is 9.51. The molecular weight excluding hydrogens is 400 g/mol. The molecule has 2 heterocycles. The molecule has 0 spiro atoms. The summed E-state index contributed by atoms with van der Waals surface area (Å²) in [7, 11) is 0. The summed E-state index contributed by atoms with van der Waals surface area (Å²) in [6.07, 6.45) is 5.83. The molecule has 4 rings (SSSR count). The molecule has 0 bridgehead atoms. The van der Waals surface area contributed by atoms with E-state index in [-0.39, 0.29) is 11.8 Å². The second-order valence-electron chi connectivity index (χ2n) is 8.63. The SMILES string of the molecule is CSc1ccc(C2/C(=C/c3ccccn3)C(=O)C(C)(C)CN2Cc2ccccc2)cc1. The number of hydrogen-bond acceptors (Lipinski definition) is 4. The number of carbonyl (C=O) groups is 1. The average molecular weight is 429 g/mol. The summed E-state index contributed by atoms with van der Waals surface area (Å²) >= 11 is 1.73. The Kier molecular flexibility index (Phi) is 6.40. The highest BCUT2D eigenvalue weighted by atomic mass is 32.2. The van der Waals surface area contributed by atoms with Crippen LogP contribution in [-0.4, -0.2) is 28.5 Å². The molecule has 1 unspecified atom stereocenters. The van der Waals surface area contributed by atoms with E-state index < -0.39 is 5.41 Å². The van der Waals surface area contributed by atoms with E-state index in [1.54, 1.807) is 18.0 Å². The number of nitrogens with zero attached hydrogens (tertiary/aromatic N) is 2. The molecule has 3 nitrogen and oxygen atoms in total. The first-order valence-electron chi connectivity index (χ1n) is 10.6. The number of pyridine rings is 1. The van der Waals surface area contributed by atoms with E-state index in [1.165, 1.54) is 10.5 Å². The smallest absolute Gasteiger partial charge is 0.167 e. The third-order valence-electron chi connectivity index (χ3n) is 5.79. The Morgan fingerprint density at radius 2 is 1.74 bits per heavy atom. The van der Waals surface area contributed by atoms with E-state index in [2.05, 4.69) is 64.7 Å². The van der Waals surface area contributed by atoms with Gasteiger partial charge in [-0.1, -0.05) is 62.4 Å². The van der Waals surface area contributed by atoms with Crippen LogP contribution in [0.4, 0.5) is 0 Å². The highest BCUT2D eigenvalue weighted by Crippen LogP contribution is 2.42. The fraction of sp³-hybridized carbons (Fsp3) is 0.259. The Labute approximate surface area is 189 Å². The minimum atomic E-state index is -0.467. The number of aromatic nitrogens is 1. The molecule has 1 aliphatic rings. The molecule has 1 aromatic heterocycles. The van der Waals surface area contributed by atoms with Gasteiger partial charge in [0.2, 0.25) is 0 Å². The van der Waals surface area contributed by atoms with E-state index in [1.807, 2.05) is 44.2 Å². The highest BCUT2D eigenvalue weighted by Gasteiger charge is 2.43. The molecule has 0 N–H and O–H groups in total. The number of piperidine rings is 1. The molecule has 0 aliphatic carbocycles. The van der Waals surface area contributed by atoms with Crippen molar-refractivity contribution in [3.05, 3.63) is 101 Å². The molecule has 0 saturated carbocycles. The van der Waals surface area contributed by atoms with Gasteiger partial charge in [-0.05, 0) is 47.7 Å². The predicted molar refractivity (Wildman–Crippen MR) is 129 cm³/mol. The maximum atomic E-state index is 13.6. The van der Waals surface area contributed by atoms with Crippen molar-refractivity contribution >= 4 is 23.6 Å². The number of thioether (sulfide) groups is 1. The van der Waals surface area contributed by atoms with Crippen molar-refractivity contribution in [2.24, 2.45) is 5.41 Å². The van der Waals surface area contributed by atoms with Gasteiger partial charge in [-0.3, -0.25) is 14.7 Å². The monoisotopic (exact) mass is 428 g/mol. The first-order valence-corrected chi connectivity index (χ1v) is 11.8. The molecule has 1 atom stereocenters. The number of benzene rings is 2. The van der Waals surface area contributed by atoms with Gasteiger partial charge in [-0.25, -0.2) is 0 Å². The van der Waals surface area contributed by atoms with Crippen LogP contribution >= 0.6 is 11.8 Å². The minimum Gasteiger partial charge on any atom is -0.294 e. The van der Waals surface area contributed by atoms with Crippen LogP contribution in [0.3, 0.4) is 0 Å². The molecule has 4 heteroatoms. The van der Waals surface area contributed by atoms with Gasteiger partial charge in [-0.15, -0.1) is 11.8 Å². The standard InChI is InChI=1S/C27H28N2OS/c1-27(2)19-29(18-20-9-5-4-6-10-20)25(21-12-14-23(31-3)15-13-21)24(26(27)30)17-22-11-7-8-16-28-22/h4-17,25H,18-19H2,1-3H3/b24-17-. The van der Waals surface area contributed by atoms with Gasteiger partial charge in [-0.2, -0.15) is 0 Å². The second kappa shape index (κ2) is 9.21. The Bertz CT molecular complexity index is 1060. The number of Topliss-reactive ketones (excluding diaryl/α,β-unsaturated/α-hetero) is 1. The molecule has 0 radical (unpaired) electrons. The summed E-state index contributed by atoms with van der Waals surface area (Å²) in [6.45, 7) is 5.58. The van der Waals surface area contributed by atoms with Crippen LogP contribution < -0.4 is 0 Å². The summed E-state index contributed by atoms with van der Waals surface area (Å²) in [6, 6.07) is 24.8. The molecule has 2 aromatic carbocycles. The fourth-order valence-electron chi connectivity index (χ4n) is 4.29. The van der Waals surface area contributed by atoms with E-state index in [4.69, 9.17) is 0 Å². The van der Waals surface area contributed by atoms with Crippen molar-refractivity contribution in [1.82, 2.24) is 9.88 Å². The van der Waals surface area contributed by atoms with Crippen LogP contribution in [0.5, 0.6) is 0 Å². The van der Waals surface area contributed by atoms with E-state index in [0.717, 1.165) is 23.4 Å². The van der Waals surface area contributed by atoms with Gasteiger partial charge in [0, 0.05) is 35.2 Å². The van der Waals surface area contributed by atoms with Gasteiger partial charge in [0.25, 0.3) is 0 Å². The molecular formula is C27H28N2OS. The van der Waals surface area contributed by atoms with Crippen LogP contribution in [0.15, 0.2) is 89.5 Å². The van der Waals surface area contributed by atoms with Crippen molar-refractivity contribution in [2.75, 3.05) is 12.8 Å². The zero-order chi connectivity index (χ0) is 21.8. The lowest BCUT2D eigenvalue weighted by Crippen LogP contribution is -2.49. The van der Waals surface area contributed by atoms with Gasteiger partial charge in [0.15, 0.2) is 5.78 Å². The van der Waals surface area contributed by atoms with Crippen LogP contribution in [0.2, 0.25) is 0 Å². The van der Waals surface area contributed by atoms with Gasteiger partial charge in [0.1, 0.15) is 0 Å².